The number of nitriles is 1. The monoisotopic (exact) mass is 432 g/mol. The lowest BCUT2D eigenvalue weighted by molar-refractivity contribution is -0.142. The molecule has 0 bridgehead atoms. The minimum absolute atomic E-state index is 0.275. The highest BCUT2D eigenvalue weighted by Gasteiger charge is 2.25. The molecule has 31 heavy (non-hydrogen) atoms. The van der Waals surface area contributed by atoms with Crippen molar-refractivity contribution in [1.82, 2.24) is 4.98 Å². The predicted octanol–water partition coefficient (Wildman–Crippen LogP) is 4.42. The molecule has 6 nitrogen and oxygen atoms in total. The van der Waals surface area contributed by atoms with E-state index < -0.39 is 24.3 Å². The van der Waals surface area contributed by atoms with Crippen molar-refractivity contribution in [2.75, 3.05) is 13.7 Å². The molecule has 3 aromatic rings. The van der Waals surface area contributed by atoms with Gasteiger partial charge in [-0.05, 0) is 24.6 Å². The highest BCUT2D eigenvalue weighted by atomic mass is 32.1. The molecule has 2 aromatic carbocycles. The first kappa shape index (κ1) is 21.9. The Bertz CT molecular complexity index is 1150. The summed E-state index contributed by atoms with van der Waals surface area (Å²) in [6.07, 6.45) is 1.66. The number of esters is 1. The number of para-hydroxylation sites is 1. The fourth-order valence-electron chi connectivity index (χ4n) is 2.89. The molecule has 0 saturated carbocycles. The van der Waals surface area contributed by atoms with Gasteiger partial charge in [-0.1, -0.05) is 48.5 Å². The number of methoxy groups -OCH3 is 1. The van der Waals surface area contributed by atoms with E-state index in [1.807, 2.05) is 30.3 Å². The number of Topliss-reactive ketones (excluding diaryl/α,β-unsaturated/α-hetero) is 1. The van der Waals surface area contributed by atoms with E-state index in [4.69, 9.17) is 9.47 Å². The Morgan fingerprint density at radius 2 is 1.87 bits per heavy atom. The van der Waals surface area contributed by atoms with Gasteiger partial charge in [-0.2, -0.15) is 5.26 Å². The Morgan fingerprint density at radius 3 is 2.52 bits per heavy atom. The summed E-state index contributed by atoms with van der Waals surface area (Å²) < 4.78 is 10.7. The van der Waals surface area contributed by atoms with Gasteiger partial charge in [0.25, 0.3) is 0 Å². The lowest BCUT2D eigenvalue weighted by Crippen LogP contribution is -2.20. The Labute approximate surface area is 184 Å². The van der Waals surface area contributed by atoms with Crippen LogP contribution in [0.15, 0.2) is 60.0 Å². The molecule has 156 valence electrons. The molecule has 0 saturated heterocycles. The fourth-order valence-corrected chi connectivity index (χ4v) is 3.75. The predicted molar refractivity (Wildman–Crippen MR) is 118 cm³/mol. The zero-order valence-electron chi connectivity index (χ0n) is 17.1. The number of ketones is 1. The molecule has 0 amide bonds. The fraction of sp³-hybridized carbons (Fsp3) is 0.167. The molecule has 0 aliphatic carbocycles. The molecule has 1 atom stereocenters. The Hall–Kier alpha value is -3.76. The van der Waals surface area contributed by atoms with E-state index in [1.54, 1.807) is 55.8 Å². The Balaban J connectivity index is 1.83. The molecule has 1 heterocycles. The summed E-state index contributed by atoms with van der Waals surface area (Å²) in [5, 5.41) is 11.6. The number of aryl methyl sites for hydroxylation is 1. The summed E-state index contributed by atoms with van der Waals surface area (Å²) in [5.41, 5.74) is 2.34. The summed E-state index contributed by atoms with van der Waals surface area (Å²) in [7, 11) is 1.55. The first-order valence-electron chi connectivity index (χ1n) is 9.45. The summed E-state index contributed by atoms with van der Waals surface area (Å²) in [6, 6.07) is 18.2. The summed E-state index contributed by atoms with van der Waals surface area (Å²) >= 11 is 1.23. The number of benzene rings is 2. The highest BCUT2D eigenvalue weighted by Crippen LogP contribution is 2.26. The van der Waals surface area contributed by atoms with Crippen LogP contribution < -0.4 is 4.74 Å². The maximum Gasteiger partial charge on any atom is 0.339 e. The van der Waals surface area contributed by atoms with Crippen molar-refractivity contribution in [2.24, 2.45) is 0 Å². The van der Waals surface area contributed by atoms with Gasteiger partial charge in [-0.15, -0.1) is 11.3 Å². The van der Waals surface area contributed by atoms with Gasteiger partial charge in [0, 0.05) is 16.6 Å². The number of hydrogen-bond donors (Lipinski definition) is 0. The summed E-state index contributed by atoms with van der Waals surface area (Å²) in [5.74, 6) is -1.65. The van der Waals surface area contributed by atoms with E-state index in [2.05, 4.69) is 4.98 Å². The van der Waals surface area contributed by atoms with Gasteiger partial charge in [0.15, 0.2) is 18.3 Å². The van der Waals surface area contributed by atoms with Crippen molar-refractivity contribution in [3.8, 4) is 11.8 Å². The Morgan fingerprint density at radius 1 is 1.16 bits per heavy atom. The number of thiazole rings is 1. The van der Waals surface area contributed by atoms with E-state index in [0.29, 0.717) is 21.9 Å². The second-order valence-electron chi connectivity index (χ2n) is 6.60. The van der Waals surface area contributed by atoms with Crippen LogP contribution in [0.25, 0.3) is 11.6 Å². The normalized spacial score (nSPS) is 12.0. The molecule has 0 aliphatic rings. The lowest BCUT2D eigenvalue weighted by atomic mass is 10.0. The topological polar surface area (TPSA) is 89.3 Å². The standard InChI is InChI=1S/C24H20N2O4S/c1-16-15-31-23(26-16)20(13-25)21(27)14-30-24(28)19(17-8-4-3-5-9-17)12-18-10-6-7-11-22(18)29-2/h3-12,15,20H,14H2,1-2H3/b19-12+/t20-/m0/s1. The van der Waals surface area contributed by atoms with E-state index in [0.717, 1.165) is 5.69 Å². The zero-order valence-corrected chi connectivity index (χ0v) is 17.9. The average Bonchev–Trinajstić information content (AvgIpc) is 3.22. The molecular weight excluding hydrogens is 412 g/mol. The number of ether oxygens (including phenoxy) is 2. The van der Waals surface area contributed by atoms with Crippen LogP contribution in [0.5, 0.6) is 5.75 Å². The molecule has 7 heteroatoms. The molecule has 1 aromatic heterocycles. The van der Waals surface area contributed by atoms with Crippen LogP contribution in [0.1, 0.15) is 27.7 Å². The molecule has 0 unspecified atom stereocenters. The van der Waals surface area contributed by atoms with Crippen molar-refractivity contribution < 1.29 is 19.1 Å². The first-order chi connectivity index (χ1) is 15.0. The zero-order chi connectivity index (χ0) is 22.2. The van der Waals surface area contributed by atoms with Crippen LogP contribution >= 0.6 is 11.3 Å². The van der Waals surface area contributed by atoms with Crippen molar-refractivity contribution in [1.29, 1.82) is 5.26 Å². The van der Waals surface area contributed by atoms with E-state index in [-0.39, 0.29) is 5.57 Å². The largest absolute Gasteiger partial charge is 0.496 e. The van der Waals surface area contributed by atoms with Gasteiger partial charge >= 0.3 is 5.97 Å². The summed E-state index contributed by atoms with van der Waals surface area (Å²) in [6.45, 7) is 1.26. The van der Waals surface area contributed by atoms with Crippen LogP contribution in [0.3, 0.4) is 0 Å². The van der Waals surface area contributed by atoms with E-state index in [1.165, 1.54) is 11.3 Å². The van der Waals surface area contributed by atoms with Crippen LogP contribution in [0, 0.1) is 18.3 Å². The molecule has 0 radical (unpaired) electrons. The van der Waals surface area contributed by atoms with Crippen molar-refractivity contribution in [3.05, 3.63) is 81.8 Å². The van der Waals surface area contributed by atoms with Crippen molar-refractivity contribution >= 4 is 34.7 Å². The first-order valence-corrected chi connectivity index (χ1v) is 10.3. The molecule has 0 N–H and O–H groups in total. The second kappa shape index (κ2) is 10.3. The number of carbonyl (C=O) groups is 2. The molecule has 0 fully saturated rings. The molecule has 0 aliphatic heterocycles. The number of nitrogens with zero attached hydrogens (tertiary/aromatic N) is 2. The minimum Gasteiger partial charge on any atom is -0.496 e. The SMILES string of the molecule is COc1ccccc1/C=C(/C(=O)OCC(=O)[C@H](C#N)c1nc(C)cs1)c1ccccc1. The maximum absolute atomic E-state index is 12.9. The third kappa shape index (κ3) is 5.44. The molecule has 3 rings (SSSR count). The lowest BCUT2D eigenvalue weighted by Gasteiger charge is -2.11. The van der Waals surface area contributed by atoms with Gasteiger partial charge < -0.3 is 9.47 Å². The van der Waals surface area contributed by atoms with Gasteiger partial charge in [-0.3, -0.25) is 4.79 Å². The van der Waals surface area contributed by atoms with Crippen LogP contribution in [0.2, 0.25) is 0 Å². The van der Waals surface area contributed by atoms with Crippen LogP contribution in [0.4, 0.5) is 0 Å². The van der Waals surface area contributed by atoms with Crippen molar-refractivity contribution in [3.63, 3.8) is 0 Å². The smallest absolute Gasteiger partial charge is 0.339 e. The van der Waals surface area contributed by atoms with E-state index >= 15 is 0 Å². The number of rotatable bonds is 8. The summed E-state index contributed by atoms with van der Waals surface area (Å²) in [4.78, 5) is 29.7. The van der Waals surface area contributed by atoms with Crippen LogP contribution in [-0.2, 0) is 14.3 Å². The highest BCUT2D eigenvalue weighted by molar-refractivity contribution is 7.09. The molecular formula is C24H20N2O4S. The quantitative estimate of drug-likeness (QED) is 0.297. The third-order valence-electron chi connectivity index (χ3n) is 4.42. The Kier molecular flexibility index (Phi) is 7.31. The number of hydrogen-bond acceptors (Lipinski definition) is 7. The third-order valence-corrected chi connectivity index (χ3v) is 5.45. The number of aromatic nitrogens is 1. The van der Waals surface area contributed by atoms with E-state index in [9.17, 15) is 14.9 Å². The van der Waals surface area contributed by atoms with Crippen molar-refractivity contribution in [2.45, 2.75) is 12.8 Å². The van der Waals surface area contributed by atoms with Gasteiger partial charge in [0.2, 0.25) is 0 Å². The average molecular weight is 433 g/mol. The van der Waals surface area contributed by atoms with Gasteiger partial charge in [0.1, 0.15) is 10.8 Å². The molecule has 0 spiro atoms. The van der Waals surface area contributed by atoms with Gasteiger partial charge in [0.05, 0.1) is 18.8 Å². The second-order valence-corrected chi connectivity index (χ2v) is 7.49. The van der Waals surface area contributed by atoms with Crippen LogP contribution in [-0.4, -0.2) is 30.5 Å². The van der Waals surface area contributed by atoms with Gasteiger partial charge in [-0.25, -0.2) is 9.78 Å². The minimum atomic E-state index is -1.06. The number of carbonyl (C=O) groups excluding carboxylic acids is 2. The maximum atomic E-state index is 12.9.